The Morgan fingerprint density at radius 3 is 2.55 bits per heavy atom. The van der Waals surface area contributed by atoms with Crippen LogP contribution in [0.3, 0.4) is 0 Å². The topological polar surface area (TPSA) is 81.4 Å². The molecule has 3 N–H and O–H groups in total. The molecule has 20 heavy (non-hydrogen) atoms. The van der Waals surface area contributed by atoms with E-state index in [4.69, 9.17) is 10.5 Å². The van der Waals surface area contributed by atoms with Crippen molar-refractivity contribution >= 4 is 33.5 Å². The molecule has 0 saturated heterocycles. The van der Waals surface area contributed by atoms with Crippen LogP contribution >= 0.6 is 15.9 Å². The second-order valence-electron chi connectivity index (χ2n) is 5.28. The van der Waals surface area contributed by atoms with E-state index in [0.29, 0.717) is 22.3 Å². The lowest BCUT2D eigenvalue weighted by molar-refractivity contribution is 0.0635. The zero-order valence-electron chi connectivity index (χ0n) is 11.8. The highest BCUT2D eigenvalue weighted by atomic mass is 79.9. The minimum absolute atomic E-state index is 0.0627. The van der Waals surface area contributed by atoms with Gasteiger partial charge in [-0.1, -0.05) is 6.07 Å². The predicted molar refractivity (Wildman–Crippen MR) is 82.0 cm³/mol. The first-order valence-electron chi connectivity index (χ1n) is 6.26. The fourth-order valence-corrected chi connectivity index (χ4v) is 1.83. The van der Waals surface area contributed by atoms with Crippen molar-refractivity contribution in [2.75, 3.05) is 11.9 Å². The molecule has 0 heterocycles. The van der Waals surface area contributed by atoms with Gasteiger partial charge in [-0.25, -0.2) is 4.79 Å². The highest BCUT2D eigenvalue weighted by Gasteiger charge is 2.17. The van der Waals surface area contributed by atoms with Gasteiger partial charge < -0.3 is 10.5 Å². The van der Waals surface area contributed by atoms with Crippen LogP contribution in [0, 0.1) is 0 Å². The second-order valence-corrected chi connectivity index (χ2v) is 6.14. The first kappa shape index (κ1) is 16.7. The summed E-state index contributed by atoms with van der Waals surface area (Å²) in [4.78, 5) is 23.5. The van der Waals surface area contributed by atoms with E-state index in [9.17, 15) is 9.59 Å². The normalized spacial score (nSPS) is 11.1. The van der Waals surface area contributed by atoms with Crippen molar-refractivity contribution in [1.82, 2.24) is 0 Å². The predicted octanol–water partition coefficient (Wildman–Crippen LogP) is 3.33. The lowest BCUT2D eigenvalue weighted by Crippen LogP contribution is -2.27. The molecule has 0 aromatic heterocycles. The molecule has 0 fully saturated rings. The summed E-state index contributed by atoms with van der Waals surface area (Å²) in [5, 5.41) is 2.61. The number of halogens is 1. The quantitative estimate of drug-likeness (QED) is 0.822. The maximum absolute atomic E-state index is 11.8. The van der Waals surface area contributed by atoms with E-state index < -0.39 is 11.7 Å². The fraction of sp³-hybridized carbons (Fsp3) is 0.429. The Kier molecular flexibility index (Phi) is 5.71. The summed E-state index contributed by atoms with van der Waals surface area (Å²) in [7, 11) is 0. The van der Waals surface area contributed by atoms with Crippen LogP contribution in [0.2, 0.25) is 0 Å². The molecular formula is C14H19BrN2O3. The highest BCUT2D eigenvalue weighted by Crippen LogP contribution is 2.25. The minimum Gasteiger partial charge on any atom is -0.444 e. The lowest BCUT2D eigenvalue weighted by atomic mass is 10.1. The van der Waals surface area contributed by atoms with Crippen LogP contribution < -0.4 is 11.1 Å². The van der Waals surface area contributed by atoms with E-state index in [1.54, 1.807) is 39.0 Å². The van der Waals surface area contributed by atoms with E-state index in [1.807, 2.05) is 0 Å². The third kappa shape index (κ3) is 5.30. The monoisotopic (exact) mass is 342 g/mol. The summed E-state index contributed by atoms with van der Waals surface area (Å²) in [5.41, 5.74) is 5.78. The molecule has 5 nitrogen and oxygen atoms in total. The third-order valence-electron chi connectivity index (χ3n) is 2.30. The van der Waals surface area contributed by atoms with Crippen LogP contribution in [0.15, 0.2) is 22.7 Å². The van der Waals surface area contributed by atoms with Crippen LogP contribution in [0.5, 0.6) is 0 Å². The number of ketones is 1. The Balaban J connectivity index is 2.87. The van der Waals surface area contributed by atoms with Crippen molar-refractivity contribution in [2.45, 2.75) is 32.8 Å². The molecule has 0 saturated carbocycles. The number of anilines is 1. The maximum atomic E-state index is 11.8. The first-order valence-corrected chi connectivity index (χ1v) is 7.05. The number of ether oxygens (including phenoxy) is 1. The Hall–Kier alpha value is -1.40. The molecule has 1 aromatic carbocycles. The van der Waals surface area contributed by atoms with Crippen molar-refractivity contribution in [2.24, 2.45) is 5.73 Å². The van der Waals surface area contributed by atoms with Gasteiger partial charge in [0.1, 0.15) is 5.60 Å². The summed E-state index contributed by atoms with van der Waals surface area (Å²) in [5.74, 6) is -0.0627. The van der Waals surface area contributed by atoms with Gasteiger partial charge in [0.15, 0.2) is 5.78 Å². The Labute approximate surface area is 127 Å². The second kappa shape index (κ2) is 6.85. The van der Waals surface area contributed by atoms with E-state index in [2.05, 4.69) is 21.2 Å². The maximum Gasteiger partial charge on any atom is 0.412 e. The van der Waals surface area contributed by atoms with Crippen LogP contribution in [0.25, 0.3) is 0 Å². The largest absolute Gasteiger partial charge is 0.444 e. The molecule has 0 atom stereocenters. The summed E-state index contributed by atoms with van der Waals surface area (Å²) >= 11 is 3.32. The number of Topliss-reactive ketones (excluding diaryl/α,β-unsaturated/α-hetero) is 1. The number of amides is 1. The van der Waals surface area contributed by atoms with Crippen LogP contribution in [0.4, 0.5) is 10.5 Å². The lowest BCUT2D eigenvalue weighted by Gasteiger charge is -2.20. The molecule has 0 radical (unpaired) electrons. The molecule has 1 rings (SSSR count). The smallest absolute Gasteiger partial charge is 0.412 e. The summed E-state index contributed by atoms with van der Waals surface area (Å²) in [6, 6.07) is 4.99. The molecule has 0 spiro atoms. The first-order chi connectivity index (χ1) is 9.23. The van der Waals surface area contributed by atoms with Crippen LogP contribution in [-0.4, -0.2) is 24.0 Å². The van der Waals surface area contributed by atoms with Gasteiger partial charge in [0.2, 0.25) is 0 Å². The number of rotatable bonds is 4. The van der Waals surface area contributed by atoms with Crippen molar-refractivity contribution in [3.8, 4) is 0 Å². The molecule has 0 unspecified atom stereocenters. The molecule has 6 heteroatoms. The Bertz CT molecular complexity index is 510. The Morgan fingerprint density at radius 1 is 1.35 bits per heavy atom. The average molecular weight is 343 g/mol. The number of benzene rings is 1. The number of carbonyl (C=O) groups is 2. The summed E-state index contributed by atoms with van der Waals surface area (Å²) in [6.45, 7) is 5.64. The highest BCUT2D eigenvalue weighted by molar-refractivity contribution is 9.10. The van der Waals surface area contributed by atoms with E-state index >= 15 is 0 Å². The van der Waals surface area contributed by atoms with E-state index in [0.717, 1.165) is 0 Å². The van der Waals surface area contributed by atoms with Gasteiger partial charge in [-0.15, -0.1) is 0 Å². The van der Waals surface area contributed by atoms with E-state index in [-0.39, 0.29) is 12.2 Å². The van der Waals surface area contributed by atoms with Crippen molar-refractivity contribution < 1.29 is 14.3 Å². The molecule has 1 amide bonds. The van der Waals surface area contributed by atoms with Gasteiger partial charge in [-0.05, 0) is 55.4 Å². The van der Waals surface area contributed by atoms with Crippen molar-refractivity contribution in [1.29, 1.82) is 0 Å². The van der Waals surface area contributed by atoms with Gasteiger partial charge in [-0.3, -0.25) is 10.1 Å². The number of hydrogen-bond donors (Lipinski definition) is 2. The molecular weight excluding hydrogens is 324 g/mol. The molecule has 0 aliphatic carbocycles. The van der Waals surface area contributed by atoms with Gasteiger partial charge in [-0.2, -0.15) is 0 Å². The summed E-state index contributed by atoms with van der Waals surface area (Å²) < 4.78 is 5.84. The van der Waals surface area contributed by atoms with Crippen LogP contribution in [0.1, 0.15) is 37.6 Å². The molecule has 0 aliphatic rings. The molecule has 0 bridgehead atoms. The minimum atomic E-state index is -0.580. The SMILES string of the molecule is CC(C)(C)OC(=O)Nc1cc(C(=O)CCN)ccc1Br. The van der Waals surface area contributed by atoms with E-state index in [1.165, 1.54) is 0 Å². The van der Waals surface area contributed by atoms with Gasteiger partial charge in [0.05, 0.1) is 5.69 Å². The van der Waals surface area contributed by atoms with Gasteiger partial charge in [0.25, 0.3) is 0 Å². The van der Waals surface area contributed by atoms with Crippen LogP contribution in [-0.2, 0) is 4.74 Å². The molecule has 110 valence electrons. The summed E-state index contributed by atoms with van der Waals surface area (Å²) in [6.07, 6.45) is -0.297. The number of hydrogen-bond acceptors (Lipinski definition) is 4. The third-order valence-corrected chi connectivity index (χ3v) is 2.99. The van der Waals surface area contributed by atoms with Crippen molar-refractivity contribution in [3.63, 3.8) is 0 Å². The van der Waals surface area contributed by atoms with Crippen molar-refractivity contribution in [3.05, 3.63) is 28.2 Å². The fourth-order valence-electron chi connectivity index (χ4n) is 1.48. The number of nitrogens with two attached hydrogens (primary N) is 1. The number of carbonyl (C=O) groups excluding carboxylic acids is 2. The Morgan fingerprint density at radius 2 is 2.00 bits per heavy atom. The van der Waals surface area contributed by atoms with Gasteiger partial charge >= 0.3 is 6.09 Å². The standard InChI is InChI=1S/C14H19BrN2O3/c1-14(2,3)20-13(19)17-11-8-9(4-5-10(11)15)12(18)6-7-16/h4-5,8H,6-7,16H2,1-3H3,(H,17,19). The van der Waals surface area contributed by atoms with Gasteiger partial charge in [0, 0.05) is 16.5 Å². The molecule has 0 aliphatic heterocycles. The molecule has 1 aromatic rings. The number of nitrogens with one attached hydrogen (secondary N) is 1. The average Bonchev–Trinajstić information content (AvgIpc) is 2.29. The zero-order valence-corrected chi connectivity index (χ0v) is 13.4. The zero-order chi connectivity index (χ0) is 15.3.